The van der Waals surface area contributed by atoms with Crippen molar-refractivity contribution in [3.8, 4) is 0 Å². The zero-order valence-electron chi connectivity index (χ0n) is 11.8. The summed E-state index contributed by atoms with van der Waals surface area (Å²) in [6.07, 6.45) is 3.87. The zero-order chi connectivity index (χ0) is 12.7. The molecule has 1 aliphatic rings. The van der Waals surface area contributed by atoms with Gasteiger partial charge in [-0.05, 0) is 51.1 Å². The quantitative estimate of drug-likeness (QED) is 0.713. The van der Waals surface area contributed by atoms with E-state index in [4.69, 9.17) is 5.11 Å². The van der Waals surface area contributed by atoms with Crippen LogP contribution in [-0.2, 0) is 0 Å². The van der Waals surface area contributed by atoms with Gasteiger partial charge in [0.25, 0.3) is 0 Å². The van der Waals surface area contributed by atoms with Crippen molar-refractivity contribution in [2.75, 3.05) is 32.8 Å². The third-order valence-corrected chi connectivity index (χ3v) is 3.85. The average molecular weight is 242 g/mol. The fraction of sp³-hybridized carbons (Fsp3) is 1.00. The second-order valence-electron chi connectivity index (χ2n) is 5.69. The minimum atomic E-state index is 0.310. The Morgan fingerprint density at radius 2 is 2.18 bits per heavy atom. The fourth-order valence-electron chi connectivity index (χ4n) is 2.70. The molecule has 3 heteroatoms. The lowest BCUT2D eigenvalue weighted by Gasteiger charge is -2.37. The second kappa shape index (κ2) is 8.06. The van der Waals surface area contributed by atoms with Crippen molar-refractivity contribution in [3.63, 3.8) is 0 Å². The van der Waals surface area contributed by atoms with Crippen LogP contribution in [0.4, 0.5) is 0 Å². The first-order valence-electron chi connectivity index (χ1n) is 7.24. The standard InChI is InChI=1S/C14H30N2O/c1-4-7-15-13(3)14-6-5-8-16(10-14)9-12(2)11-17/h12-15,17H,4-11H2,1-3H3. The van der Waals surface area contributed by atoms with Crippen molar-refractivity contribution in [2.24, 2.45) is 11.8 Å². The van der Waals surface area contributed by atoms with Crippen LogP contribution in [-0.4, -0.2) is 48.8 Å². The number of rotatable bonds is 7. The van der Waals surface area contributed by atoms with Gasteiger partial charge in [0.05, 0.1) is 0 Å². The molecule has 1 saturated heterocycles. The van der Waals surface area contributed by atoms with E-state index in [0.29, 0.717) is 18.6 Å². The topological polar surface area (TPSA) is 35.5 Å². The maximum absolute atomic E-state index is 9.12. The minimum absolute atomic E-state index is 0.310. The molecule has 0 bridgehead atoms. The van der Waals surface area contributed by atoms with Crippen molar-refractivity contribution in [2.45, 2.75) is 46.1 Å². The van der Waals surface area contributed by atoms with Crippen molar-refractivity contribution >= 4 is 0 Å². The van der Waals surface area contributed by atoms with Crippen molar-refractivity contribution in [1.82, 2.24) is 10.2 Å². The molecule has 0 aromatic rings. The highest BCUT2D eigenvalue weighted by Crippen LogP contribution is 2.20. The first-order valence-corrected chi connectivity index (χ1v) is 7.24. The van der Waals surface area contributed by atoms with Crippen LogP contribution in [0.3, 0.4) is 0 Å². The highest BCUT2D eigenvalue weighted by molar-refractivity contribution is 4.80. The molecule has 1 heterocycles. The Morgan fingerprint density at radius 3 is 2.82 bits per heavy atom. The predicted octanol–water partition coefficient (Wildman–Crippen LogP) is 1.71. The van der Waals surface area contributed by atoms with E-state index in [9.17, 15) is 0 Å². The molecule has 0 aliphatic carbocycles. The van der Waals surface area contributed by atoms with Crippen molar-refractivity contribution in [3.05, 3.63) is 0 Å². The summed E-state index contributed by atoms with van der Waals surface area (Å²) in [6.45, 7) is 11.6. The van der Waals surface area contributed by atoms with E-state index in [-0.39, 0.29) is 0 Å². The summed E-state index contributed by atoms with van der Waals surface area (Å²) < 4.78 is 0. The van der Waals surface area contributed by atoms with Crippen LogP contribution < -0.4 is 5.32 Å². The normalized spacial score (nSPS) is 25.8. The van der Waals surface area contributed by atoms with E-state index < -0.39 is 0 Å². The fourth-order valence-corrected chi connectivity index (χ4v) is 2.70. The Hall–Kier alpha value is -0.120. The molecule has 3 atom stereocenters. The summed E-state index contributed by atoms with van der Waals surface area (Å²) in [5.74, 6) is 1.19. The summed E-state index contributed by atoms with van der Waals surface area (Å²) in [4.78, 5) is 2.53. The lowest BCUT2D eigenvalue weighted by molar-refractivity contribution is 0.115. The van der Waals surface area contributed by atoms with Crippen molar-refractivity contribution in [1.29, 1.82) is 0 Å². The van der Waals surface area contributed by atoms with Gasteiger partial charge in [-0.2, -0.15) is 0 Å². The molecular formula is C14H30N2O. The van der Waals surface area contributed by atoms with Crippen molar-refractivity contribution < 1.29 is 5.11 Å². The van der Waals surface area contributed by atoms with E-state index >= 15 is 0 Å². The predicted molar refractivity (Wildman–Crippen MR) is 73.2 cm³/mol. The Morgan fingerprint density at radius 1 is 1.41 bits per heavy atom. The van der Waals surface area contributed by atoms with Crippen LogP contribution in [0.25, 0.3) is 0 Å². The lowest BCUT2D eigenvalue weighted by Crippen LogP contribution is -2.46. The third-order valence-electron chi connectivity index (χ3n) is 3.85. The van der Waals surface area contributed by atoms with Gasteiger partial charge in [-0.25, -0.2) is 0 Å². The first-order chi connectivity index (χ1) is 8.17. The highest BCUT2D eigenvalue weighted by atomic mass is 16.3. The van der Waals surface area contributed by atoms with Gasteiger partial charge < -0.3 is 15.3 Å². The molecule has 1 aliphatic heterocycles. The number of aliphatic hydroxyl groups excluding tert-OH is 1. The molecule has 17 heavy (non-hydrogen) atoms. The Balaban J connectivity index is 2.32. The first kappa shape index (κ1) is 14.9. The van der Waals surface area contributed by atoms with E-state index in [1.807, 2.05) is 0 Å². The zero-order valence-corrected chi connectivity index (χ0v) is 11.8. The monoisotopic (exact) mass is 242 g/mol. The number of likely N-dealkylation sites (tertiary alicyclic amines) is 1. The summed E-state index contributed by atoms with van der Waals surface area (Å²) in [7, 11) is 0. The summed E-state index contributed by atoms with van der Waals surface area (Å²) >= 11 is 0. The smallest absolute Gasteiger partial charge is 0.0468 e. The molecule has 102 valence electrons. The molecule has 0 saturated carbocycles. The third kappa shape index (κ3) is 5.36. The van der Waals surface area contributed by atoms with Gasteiger partial charge in [-0.15, -0.1) is 0 Å². The molecule has 3 nitrogen and oxygen atoms in total. The minimum Gasteiger partial charge on any atom is -0.396 e. The molecule has 2 N–H and O–H groups in total. The van der Waals surface area contributed by atoms with Gasteiger partial charge in [0.2, 0.25) is 0 Å². The van der Waals surface area contributed by atoms with Crippen LogP contribution in [0.1, 0.15) is 40.0 Å². The molecule has 0 amide bonds. The molecule has 0 spiro atoms. The summed E-state index contributed by atoms with van der Waals surface area (Å²) in [5.41, 5.74) is 0. The van der Waals surface area contributed by atoms with Crippen LogP contribution in [0.15, 0.2) is 0 Å². The van der Waals surface area contributed by atoms with E-state index in [0.717, 1.165) is 19.0 Å². The number of hydrogen-bond acceptors (Lipinski definition) is 3. The second-order valence-corrected chi connectivity index (χ2v) is 5.69. The van der Waals surface area contributed by atoms with Gasteiger partial charge in [-0.1, -0.05) is 13.8 Å². The number of aliphatic hydroxyl groups is 1. The highest BCUT2D eigenvalue weighted by Gasteiger charge is 2.24. The Kier molecular flexibility index (Phi) is 7.09. The van der Waals surface area contributed by atoms with Gasteiger partial charge >= 0.3 is 0 Å². The Labute approximate surface area is 107 Å². The SMILES string of the molecule is CCCNC(C)C1CCCN(CC(C)CO)C1. The number of nitrogens with zero attached hydrogens (tertiary/aromatic N) is 1. The maximum atomic E-state index is 9.12. The van der Waals surface area contributed by atoms with E-state index in [2.05, 4.69) is 31.0 Å². The van der Waals surface area contributed by atoms with E-state index in [1.165, 1.54) is 32.4 Å². The number of hydrogen-bond donors (Lipinski definition) is 2. The van der Waals surface area contributed by atoms with E-state index in [1.54, 1.807) is 0 Å². The van der Waals surface area contributed by atoms with Gasteiger partial charge in [0.15, 0.2) is 0 Å². The number of nitrogens with one attached hydrogen (secondary N) is 1. The lowest BCUT2D eigenvalue weighted by atomic mass is 9.91. The maximum Gasteiger partial charge on any atom is 0.0468 e. The van der Waals surface area contributed by atoms with Gasteiger partial charge in [0.1, 0.15) is 0 Å². The summed E-state index contributed by atoms with van der Waals surface area (Å²) in [6, 6.07) is 0.627. The molecule has 1 rings (SSSR count). The van der Waals surface area contributed by atoms with Crippen LogP contribution >= 0.6 is 0 Å². The van der Waals surface area contributed by atoms with Gasteiger partial charge in [-0.3, -0.25) is 0 Å². The molecule has 1 fully saturated rings. The number of piperidine rings is 1. The molecule has 0 aromatic carbocycles. The molecule has 3 unspecified atom stereocenters. The van der Waals surface area contributed by atoms with Crippen LogP contribution in [0.5, 0.6) is 0 Å². The van der Waals surface area contributed by atoms with Crippen LogP contribution in [0.2, 0.25) is 0 Å². The van der Waals surface area contributed by atoms with Crippen LogP contribution in [0, 0.1) is 11.8 Å². The largest absolute Gasteiger partial charge is 0.396 e. The molecule has 0 radical (unpaired) electrons. The molecule has 0 aromatic heterocycles. The Bertz CT molecular complexity index is 199. The average Bonchev–Trinajstić information content (AvgIpc) is 2.36. The van der Waals surface area contributed by atoms with Gasteiger partial charge in [0, 0.05) is 25.7 Å². The molecular weight excluding hydrogens is 212 g/mol. The summed E-state index contributed by atoms with van der Waals surface area (Å²) in [5, 5.41) is 12.7.